The van der Waals surface area contributed by atoms with Crippen molar-refractivity contribution in [1.29, 1.82) is 0 Å². The highest BCUT2D eigenvalue weighted by molar-refractivity contribution is 7.79. The summed E-state index contributed by atoms with van der Waals surface area (Å²) in [6, 6.07) is 7.45. The van der Waals surface area contributed by atoms with E-state index in [1.165, 1.54) is 35.9 Å². The minimum atomic E-state index is 0.628. The maximum Gasteiger partial charge on any atom is 0.0653 e. The van der Waals surface area contributed by atoms with Gasteiger partial charge in [0.25, 0.3) is 0 Å². The lowest BCUT2D eigenvalue weighted by Crippen LogP contribution is -2.49. The van der Waals surface area contributed by atoms with E-state index < -0.39 is 0 Å². The molecule has 0 saturated carbocycles. The van der Waals surface area contributed by atoms with E-state index in [1.54, 1.807) is 5.56 Å². The lowest BCUT2D eigenvalue weighted by atomic mass is 9.72. The molecule has 2 aromatic rings. The molecule has 0 unspecified atom stereocenters. The van der Waals surface area contributed by atoms with Gasteiger partial charge < -0.3 is 4.57 Å². The second-order valence-electron chi connectivity index (χ2n) is 6.97. The number of hydrogen-bond acceptors (Lipinski definition) is 2. The Kier molecular flexibility index (Phi) is 3.58. The van der Waals surface area contributed by atoms with Gasteiger partial charge in [0.15, 0.2) is 0 Å². The SMILES string of the molecule is C=CCN1C[C@@H](C)C[C@@H]2c3cccc4c3c(cn4CS)C[C@H]21. The van der Waals surface area contributed by atoms with Crippen molar-refractivity contribution in [3.05, 3.63) is 48.2 Å². The molecule has 0 spiro atoms. The Hall–Kier alpha value is -1.19. The largest absolute Gasteiger partial charge is 0.338 e. The quantitative estimate of drug-likeness (QED) is 0.663. The predicted molar refractivity (Wildman–Crippen MR) is 96.7 cm³/mol. The van der Waals surface area contributed by atoms with Crippen LogP contribution in [-0.2, 0) is 12.3 Å². The number of rotatable bonds is 3. The summed E-state index contributed by atoms with van der Waals surface area (Å²) in [4.78, 5) is 2.64. The summed E-state index contributed by atoms with van der Waals surface area (Å²) in [5.74, 6) is 2.17. The monoisotopic (exact) mass is 312 g/mol. The minimum Gasteiger partial charge on any atom is -0.338 e. The van der Waals surface area contributed by atoms with Gasteiger partial charge in [0.05, 0.1) is 5.88 Å². The number of aromatic nitrogens is 1. The molecule has 22 heavy (non-hydrogen) atoms. The highest BCUT2D eigenvalue weighted by Gasteiger charge is 2.39. The molecular formula is C19H24N2S. The van der Waals surface area contributed by atoms with E-state index in [9.17, 15) is 0 Å². The first-order chi connectivity index (χ1) is 10.7. The second-order valence-corrected chi connectivity index (χ2v) is 7.25. The minimum absolute atomic E-state index is 0.628. The Morgan fingerprint density at radius 3 is 3.05 bits per heavy atom. The molecule has 3 heteroatoms. The third-order valence-electron chi connectivity index (χ3n) is 5.50. The molecule has 2 aliphatic rings. The summed E-state index contributed by atoms with van der Waals surface area (Å²) < 4.78 is 2.29. The molecule has 0 N–H and O–H groups in total. The van der Waals surface area contributed by atoms with E-state index in [-0.39, 0.29) is 0 Å². The normalized spacial score (nSPS) is 27.8. The molecule has 0 radical (unpaired) electrons. The smallest absolute Gasteiger partial charge is 0.0653 e. The zero-order chi connectivity index (χ0) is 15.3. The van der Waals surface area contributed by atoms with Crippen LogP contribution in [0, 0.1) is 5.92 Å². The van der Waals surface area contributed by atoms with Crippen molar-refractivity contribution < 1.29 is 0 Å². The molecular weight excluding hydrogens is 288 g/mol. The third-order valence-corrected chi connectivity index (χ3v) is 5.80. The fourth-order valence-electron chi connectivity index (χ4n) is 4.71. The van der Waals surface area contributed by atoms with Gasteiger partial charge in [0.2, 0.25) is 0 Å². The van der Waals surface area contributed by atoms with E-state index in [0.717, 1.165) is 18.3 Å². The second kappa shape index (κ2) is 5.47. The van der Waals surface area contributed by atoms with Crippen LogP contribution in [0.5, 0.6) is 0 Å². The Balaban J connectivity index is 1.86. The van der Waals surface area contributed by atoms with Crippen LogP contribution in [0.1, 0.15) is 30.4 Å². The van der Waals surface area contributed by atoms with Gasteiger partial charge >= 0.3 is 0 Å². The van der Waals surface area contributed by atoms with Crippen molar-refractivity contribution in [2.75, 3.05) is 13.1 Å². The van der Waals surface area contributed by atoms with Crippen LogP contribution in [0.4, 0.5) is 0 Å². The summed E-state index contributed by atoms with van der Waals surface area (Å²) in [5.41, 5.74) is 4.42. The lowest BCUT2D eigenvalue weighted by Gasteiger charge is -2.46. The number of thiol groups is 1. The molecule has 116 valence electrons. The standard InChI is InChI=1S/C19H24N2S/c1-3-7-20-10-13(2)8-16-15-5-4-6-17-19(15)14(9-18(16)20)11-21(17)12-22/h3-6,11,13,16,18,22H,1,7-10,12H2,2H3/t13-,16+,18+/m0/s1. The van der Waals surface area contributed by atoms with Gasteiger partial charge in [0.1, 0.15) is 0 Å². The van der Waals surface area contributed by atoms with Gasteiger partial charge in [-0.3, -0.25) is 4.90 Å². The number of fused-ring (bicyclic) bond motifs is 2. The van der Waals surface area contributed by atoms with E-state index in [1.807, 2.05) is 0 Å². The van der Waals surface area contributed by atoms with Crippen molar-refractivity contribution in [2.45, 2.75) is 37.6 Å². The van der Waals surface area contributed by atoms with Crippen LogP contribution in [0.3, 0.4) is 0 Å². The number of likely N-dealkylation sites (tertiary alicyclic amines) is 1. The first-order valence-electron chi connectivity index (χ1n) is 8.29. The van der Waals surface area contributed by atoms with E-state index in [4.69, 9.17) is 0 Å². The molecule has 2 nitrogen and oxygen atoms in total. The number of benzene rings is 1. The van der Waals surface area contributed by atoms with Gasteiger partial charge in [-0.2, -0.15) is 12.6 Å². The fraction of sp³-hybridized carbons (Fsp3) is 0.474. The lowest BCUT2D eigenvalue weighted by molar-refractivity contribution is 0.104. The molecule has 1 aromatic heterocycles. The van der Waals surface area contributed by atoms with Crippen LogP contribution in [0.15, 0.2) is 37.1 Å². The van der Waals surface area contributed by atoms with E-state index >= 15 is 0 Å². The average Bonchev–Trinajstić information content (AvgIpc) is 2.88. The molecule has 1 fully saturated rings. The zero-order valence-electron chi connectivity index (χ0n) is 13.2. The third kappa shape index (κ3) is 2.06. The summed E-state index contributed by atoms with van der Waals surface area (Å²) in [5, 5.41) is 1.51. The predicted octanol–water partition coefficient (Wildman–Crippen LogP) is 4.06. The van der Waals surface area contributed by atoms with Crippen LogP contribution in [0.25, 0.3) is 10.9 Å². The van der Waals surface area contributed by atoms with E-state index in [0.29, 0.717) is 12.0 Å². The number of hydrogen-bond donors (Lipinski definition) is 1. The maximum atomic E-state index is 4.50. The highest BCUT2D eigenvalue weighted by atomic mass is 32.1. The van der Waals surface area contributed by atoms with E-state index in [2.05, 4.69) is 66.1 Å². The zero-order valence-corrected chi connectivity index (χ0v) is 14.1. The van der Waals surface area contributed by atoms with Crippen molar-refractivity contribution in [3.63, 3.8) is 0 Å². The van der Waals surface area contributed by atoms with Crippen molar-refractivity contribution in [3.8, 4) is 0 Å². The fourth-order valence-corrected chi connectivity index (χ4v) is 4.95. The summed E-state index contributed by atoms with van der Waals surface area (Å²) >= 11 is 4.50. The molecule has 1 aliphatic carbocycles. The molecule has 0 bridgehead atoms. The maximum absolute atomic E-state index is 4.50. The first-order valence-corrected chi connectivity index (χ1v) is 8.92. The summed E-state index contributed by atoms with van der Waals surface area (Å²) in [6.07, 6.45) is 6.86. The molecule has 4 rings (SSSR count). The Morgan fingerprint density at radius 1 is 1.41 bits per heavy atom. The van der Waals surface area contributed by atoms with Crippen molar-refractivity contribution in [2.24, 2.45) is 5.92 Å². The van der Waals surface area contributed by atoms with Crippen LogP contribution >= 0.6 is 12.6 Å². The molecule has 1 aromatic carbocycles. The average molecular weight is 312 g/mol. The Morgan fingerprint density at radius 2 is 2.27 bits per heavy atom. The van der Waals surface area contributed by atoms with Crippen molar-refractivity contribution >= 4 is 23.5 Å². The van der Waals surface area contributed by atoms with Gasteiger partial charge in [-0.05, 0) is 36.0 Å². The van der Waals surface area contributed by atoms with Gasteiger partial charge in [0, 0.05) is 42.1 Å². The van der Waals surface area contributed by atoms with Gasteiger partial charge in [-0.25, -0.2) is 0 Å². The number of nitrogens with zero attached hydrogens (tertiary/aromatic N) is 2. The highest BCUT2D eigenvalue weighted by Crippen LogP contribution is 2.45. The van der Waals surface area contributed by atoms with Gasteiger partial charge in [-0.1, -0.05) is 25.1 Å². The molecule has 1 saturated heterocycles. The Labute approximate surface area is 138 Å². The topological polar surface area (TPSA) is 8.17 Å². The van der Waals surface area contributed by atoms with Crippen LogP contribution in [0.2, 0.25) is 0 Å². The van der Waals surface area contributed by atoms with Crippen LogP contribution in [-0.4, -0.2) is 28.6 Å². The Bertz CT molecular complexity index is 718. The first kappa shape index (κ1) is 14.4. The van der Waals surface area contributed by atoms with Gasteiger partial charge in [-0.15, -0.1) is 6.58 Å². The van der Waals surface area contributed by atoms with Crippen LogP contribution < -0.4 is 0 Å². The molecule has 2 heterocycles. The number of piperidine rings is 1. The molecule has 0 amide bonds. The molecule has 1 aliphatic heterocycles. The van der Waals surface area contributed by atoms with Crippen molar-refractivity contribution in [1.82, 2.24) is 9.47 Å². The summed E-state index contributed by atoms with van der Waals surface area (Å²) in [7, 11) is 0. The molecule has 3 atom stereocenters. The summed E-state index contributed by atoms with van der Waals surface area (Å²) in [6.45, 7) is 8.56.